The molecule has 0 fully saturated rings. The second kappa shape index (κ2) is 64.6. The molecule has 4 aromatic carbocycles. The Hall–Kier alpha value is -6.13. The van der Waals surface area contributed by atoms with Crippen LogP contribution in [0, 0.1) is 35.1 Å². The molecule has 722 valence electrons. The van der Waals surface area contributed by atoms with Crippen LogP contribution >= 0.6 is 0 Å². The summed E-state index contributed by atoms with van der Waals surface area (Å²) < 4.78 is 55.5. The lowest BCUT2D eigenvalue weighted by Crippen LogP contribution is -2.35. The van der Waals surface area contributed by atoms with Crippen LogP contribution in [0.3, 0.4) is 0 Å². The Balaban J connectivity index is -0.000000674. The molecule has 0 atom stereocenters. The first-order valence-electron chi connectivity index (χ1n) is 46.2. The maximum Gasteiger partial charge on any atom is 0.306 e. The van der Waals surface area contributed by atoms with E-state index in [0.717, 1.165) is 104 Å². The summed E-state index contributed by atoms with van der Waals surface area (Å²) in [6.07, 6.45) is 7.81. The van der Waals surface area contributed by atoms with Crippen LogP contribution in [0.4, 0.5) is 0 Å². The molecule has 16 nitrogen and oxygen atoms in total. The van der Waals surface area contributed by atoms with Crippen molar-refractivity contribution in [2.24, 2.45) is 11.8 Å². The standard InChI is InChI=1S/C20H27NO.C14H17NO3.C14H22O.C12H23NO.C12H24O3.C11H22OSi.C9H20O.C9H16O.C8H18O/c1-20(2,3)22-15-14-21(16-18-10-6-4-7-11-18)17-19-12-8-5-9-13-19;1-14(2,3)18-9-8-15-12(16)10-6-4-5-7-11(10)13(15)17;1-11(2)13-8-6-12(7-9-13)10-15-14(3,4)5;1-6-8-13(9-7-2)10-11-14-12(3,4)5;1-11(2,3)14-9-7-8-10(13)15-12(4,5)6;1-11(2,3)12-9-7-8-10-13(4,5)6;1-8(2)6-7-10-9(3,4)5;1-5-6-7-8-10-9(2,3)4;1-7(2)6-9-8(3,4)5/h4-13H,14-17H2,1-3H3;4-7H,8-9H2,1-3H3;6-9,11H,10H2,1-5H3;6-7H,1-2,8-11H2,3-5H3;7-9H2,1-6H3;7,9H2,1-6H3;8H,6-7H2,1-5H3;7-8H2,1-4H3;7H,6H2,1-5H3. The van der Waals surface area contributed by atoms with Crippen molar-refractivity contribution in [3.8, 4) is 23.3 Å². The summed E-state index contributed by atoms with van der Waals surface area (Å²) in [4.78, 5) is 41.3. The third-order valence-electron chi connectivity index (χ3n) is 15.9. The van der Waals surface area contributed by atoms with E-state index < -0.39 is 8.07 Å². The highest BCUT2D eigenvalue weighted by Crippen LogP contribution is 2.24. The zero-order chi connectivity index (χ0) is 98.1. The number of carbonyl (C=O) groups excluding carboxylic acids is 3. The van der Waals surface area contributed by atoms with Gasteiger partial charge in [0.2, 0.25) is 0 Å². The summed E-state index contributed by atoms with van der Waals surface area (Å²) in [5.41, 5.74) is 8.65. The van der Waals surface area contributed by atoms with E-state index in [2.05, 4.69) is 317 Å². The molecular weight excluding hydrogens is 1590 g/mol. The first kappa shape index (κ1) is 126. The van der Waals surface area contributed by atoms with Crippen LogP contribution in [-0.4, -0.2) is 182 Å². The summed E-state index contributed by atoms with van der Waals surface area (Å²) in [5.74, 6) is 10.3. The molecule has 0 radical (unpaired) electrons. The number of rotatable bonds is 33. The summed E-state index contributed by atoms with van der Waals surface area (Å²) in [5, 5.41) is 0. The van der Waals surface area contributed by atoms with Crippen LogP contribution in [0.5, 0.6) is 0 Å². The first-order chi connectivity index (χ1) is 57.5. The molecular formula is C109H189N3O13Si. The molecule has 0 aromatic heterocycles. The first-order valence-corrected chi connectivity index (χ1v) is 49.7. The second-order valence-corrected chi connectivity index (χ2v) is 48.3. The van der Waals surface area contributed by atoms with Crippen molar-refractivity contribution < 1.29 is 61.8 Å². The number of hydrogen-bond donors (Lipinski definition) is 0. The molecule has 0 N–H and O–H groups in total. The van der Waals surface area contributed by atoms with E-state index in [-0.39, 0.29) is 73.8 Å². The molecule has 2 amide bonds. The Labute approximate surface area is 776 Å². The Kier molecular flexibility index (Phi) is 64.7. The SMILES string of the molecule is C=CCN(CC=C)CCOC(C)(C)C.CC#CCCOC(C)(C)C.CC(C)(C)OCCC#C[Si](C)(C)C.CC(C)(C)OCCCC(=O)OC(C)(C)C.CC(C)(C)OCCN(Cc1ccccc1)Cc1ccccc1.CC(C)(C)OCCN1C(=O)c2ccccc2C1=O.CC(C)CCOC(C)(C)C.CC(C)COC(C)(C)C.CC(C)c1ccc(COC(C)(C)C)cc1. The van der Waals surface area contributed by atoms with Crippen LogP contribution in [0.1, 0.15) is 337 Å². The van der Waals surface area contributed by atoms with Gasteiger partial charge in [0, 0.05) is 78.4 Å². The summed E-state index contributed by atoms with van der Waals surface area (Å²) in [6, 6.07) is 36.8. The van der Waals surface area contributed by atoms with Crippen molar-refractivity contribution in [1.82, 2.24) is 14.7 Å². The van der Waals surface area contributed by atoms with E-state index in [1.165, 1.54) is 27.2 Å². The van der Waals surface area contributed by atoms with E-state index in [4.69, 9.17) is 47.4 Å². The van der Waals surface area contributed by atoms with Crippen molar-refractivity contribution in [3.63, 3.8) is 0 Å². The van der Waals surface area contributed by atoms with Gasteiger partial charge in [-0.25, -0.2) is 0 Å². The zero-order valence-corrected chi connectivity index (χ0v) is 89.2. The number of hydrogen-bond acceptors (Lipinski definition) is 15. The number of carbonyl (C=O) groups is 3. The number of imide groups is 1. The van der Waals surface area contributed by atoms with Gasteiger partial charge in [-0.2, -0.15) is 0 Å². The van der Waals surface area contributed by atoms with E-state index >= 15 is 0 Å². The highest BCUT2D eigenvalue weighted by Gasteiger charge is 2.35. The van der Waals surface area contributed by atoms with Crippen LogP contribution in [-0.2, 0) is 71.9 Å². The predicted molar refractivity (Wildman–Crippen MR) is 540 cm³/mol. The van der Waals surface area contributed by atoms with Gasteiger partial charge in [-0.1, -0.05) is 170 Å². The van der Waals surface area contributed by atoms with Crippen molar-refractivity contribution in [2.75, 3.05) is 85.6 Å². The molecule has 17 heteroatoms. The van der Waals surface area contributed by atoms with Crippen molar-refractivity contribution >= 4 is 25.9 Å². The molecule has 1 aliphatic heterocycles. The van der Waals surface area contributed by atoms with Crippen LogP contribution in [0.15, 0.2) is 135 Å². The highest BCUT2D eigenvalue weighted by atomic mass is 28.3. The minimum atomic E-state index is -1.17. The minimum absolute atomic E-state index is 0.0184. The third kappa shape index (κ3) is 88.5. The van der Waals surface area contributed by atoms with Gasteiger partial charge in [0.25, 0.3) is 11.8 Å². The quantitative estimate of drug-likeness (QED) is 0.0111. The fourth-order valence-electron chi connectivity index (χ4n) is 9.94. The summed E-state index contributed by atoms with van der Waals surface area (Å²) in [7, 11) is -1.17. The monoisotopic (exact) mass is 1780 g/mol. The maximum atomic E-state index is 12.0. The Morgan fingerprint density at radius 1 is 0.413 bits per heavy atom. The van der Waals surface area contributed by atoms with Gasteiger partial charge >= 0.3 is 5.97 Å². The summed E-state index contributed by atoms with van der Waals surface area (Å²) in [6.45, 7) is 102. The number of nitrogens with zero attached hydrogens (tertiary/aromatic N) is 3. The Bertz CT molecular complexity index is 3500. The zero-order valence-electron chi connectivity index (χ0n) is 88.2. The molecule has 126 heavy (non-hydrogen) atoms. The molecule has 4 aromatic rings. The average Bonchev–Trinajstić information content (AvgIpc) is 1.64. The summed E-state index contributed by atoms with van der Waals surface area (Å²) >= 11 is 0. The van der Waals surface area contributed by atoms with Gasteiger partial charge in [0.05, 0.1) is 108 Å². The molecule has 1 heterocycles. The van der Waals surface area contributed by atoms with Gasteiger partial charge in [0.1, 0.15) is 13.7 Å². The fourth-order valence-corrected chi connectivity index (χ4v) is 10.6. The largest absolute Gasteiger partial charge is 0.460 e. The van der Waals surface area contributed by atoms with Crippen molar-refractivity contribution in [2.45, 2.75) is 390 Å². The molecule has 0 aliphatic carbocycles. The van der Waals surface area contributed by atoms with E-state index in [9.17, 15) is 14.4 Å². The molecule has 0 saturated heterocycles. The molecule has 5 rings (SSSR count). The lowest BCUT2D eigenvalue weighted by molar-refractivity contribution is -0.155. The van der Waals surface area contributed by atoms with Crippen molar-refractivity contribution in [3.05, 3.63) is 168 Å². The smallest absolute Gasteiger partial charge is 0.306 e. The number of esters is 1. The molecule has 0 unspecified atom stereocenters. The minimum Gasteiger partial charge on any atom is -0.460 e. The van der Waals surface area contributed by atoms with Crippen molar-refractivity contribution in [1.29, 1.82) is 0 Å². The highest BCUT2D eigenvalue weighted by molar-refractivity contribution is 6.83. The fraction of sp³-hybridized carbons (Fsp3) is 0.679. The van der Waals surface area contributed by atoms with E-state index in [0.29, 0.717) is 62.2 Å². The number of fused-ring (bicyclic) bond motifs is 1. The molecule has 1 aliphatic rings. The Morgan fingerprint density at radius 2 is 0.770 bits per heavy atom. The van der Waals surface area contributed by atoms with Gasteiger partial charge in [-0.3, -0.25) is 29.1 Å². The lowest BCUT2D eigenvalue weighted by Gasteiger charge is -2.26. The number of ether oxygens (including phenoxy) is 10. The van der Waals surface area contributed by atoms with Gasteiger partial charge < -0.3 is 47.4 Å². The predicted octanol–water partition coefficient (Wildman–Crippen LogP) is 26.7. The van der Waals surface area contributed by atoms with Crippen LogP contribution in [0.25, 0.3) is 0 Å². The molecule has 0 spiro atoms. The van der Waals surface area contributed by atoms with E-state index in [1.807, 2.05) is 102 Å². The van der Waals surface area contributed by atoms with Gasteiger partial charge in [-0.05, 0) is 280 Å². The van der Waals surface area contributed by atoms with Gasteiger partial charge in [-0.15, -0.1) is 36.5 Å². The normalized spacial score (nSPS) is 12.5. The van der Waals surface area contributed by atoms with Crippen LogP contribution < -0.4 is 0 Å². The van der Waals surface area contributed by atoms with Crippen LogP contribution in [0.2, 0.25) is 19.6 Å². The molecule has 0 bridgehead atoms. The second-order valence-electron chi connectivity index (χ2n) is 43.5. The third-order valence-corrected chi connectivity index (χ3v) is 16.9. The lowest BCUT2D eigenvalue weighted by atomic mass is 10.0. The Morgan fingerprint density at radius 3 is 1.11 bits per heavy atom. The number of benzene rings is 4. The van der Waals surface area contributed by atoms with E-state index in [1.54, 1.807) is 24.3 Å². The topological polar surface area (TPSA) is 153 Å². The maximum absolute atomic E-state index is 12.0. The molecule has 0 saturated carbocycles. The number of amides is 2. The van der Waals surface area contributed by atoms with Gasteiger partial charge in [0.15, 0.2) is 0 Å². The average molecular weight is 1780 g/mol.